The Morgan fingerprint density at radius 1 is 1.37 bits per heavy atom. The Labute approximate surface area is 127 Å². The fraction of sp³-hybridized carbons (Fsp3) is 0.500. The van der Waals surface area contributed by atoms with Gasteiger partial charge < -0.3 is 5.32 Å². The molecular formula is C16H20BrNS. The normalized spacial score (nSPS) is 18.2. The van der Waals surface area contributed by atoms with Gasteiger partial charge in [0.2, 0.25) is 0 Å². The minimum Gasteiger partial charge on any atom is -0.313 e. The van der Waals surface area contributed by atoms with Crippen molar-refractivity contribution >= 4 is 37.4 Å². The Bertz CT molecular complexity index is 557. The van der Waals surface area contributed by atoms with E-state index in [0.29, 0.717) is 6.04 Å². The third kappa shape index (κ3) is 2.74. The number of nitrogens with one attached hydrogen (secondary N) is 1. The van der Waals surface area contributed by atoms with Crippen molar-refractivity contribution in [3.63, 3.8) is 0 Å². The van der Waals surface area contributed by atoms with E-state index >= 15 is 0 Å². The largest absolute Gasteiger partial charge is 0.313 e. The van der Waals surface area contributed by atoms with Crippen molar-refractivity contribution in [3.8, 4) is 0 Å². The molecule has 0 bridgehead atoms. The van der Waals surface area contributed by atoms with Crippen molar-refractivity contribution in [2.75, 3.05) is 7.05 Å². The first-order valence-electron chi connectivity index (χ1n) is 7.12. The van der Waals surface area contributed by atoms with Crippen molar-refractivity contribution in [1.29, 1.82) is 0 Å². The first-order chi connectivity index (χ1) is 9.29. The average molecular weight is 338 g/mol. The number of halogens is 1. The second-order valence-electron chi connectivity index (χ2n) is 5.54. The van der Waals surface area contributed by atoms with Gasteiger partial charge in [0.1, 0.15) is 0 Å². The molecule has 1 atom stereocenters. The molecule has 0 radical (unpaired) electrons. The maximum absolute atomic E-state index is 3.66. The zero-order valence-electron chi connectivity index (χ0n) is 11.3. The molecular weight excluding hydrogens is 318 g/mol. The quantitative estimate of drug-likeness (QED) is 0.776. The summed E-state index contributed by atoms with van der Waals surface area (Å²) in [5.74, 6) is 0.916. The van der Waals surface area contributed by atoms with Crippen LogP contribution in [-0.4, -0.2) is 7.05 Å². The summed E-state index contributed by atoms with van der Waals surface area (Å²) in [5, 5.41) is 7.29. The van der Waals surface area contributed by atoms with Crippen molar-refractivity contribution < 1.29 is 0 Å². The lowest BCUT2D eigenvalue weighted by molar-refractivity contribution is 0.415. The van der Waals surface area contributed by atoms with E-state index in [0.717, 1.165) is 5.92 Å². The van der Waals surface area contributed by atoms with Crippen LogP contribution in [0.3, 0.4) is 0 Å². The van der Waals surface area contributed by atoms with Gasteiger partial charge in [0.05, 0.1) is 0 Å². The van der Waals surface area contributed by atoms with E-state index in [1.165, 1.54) is 52.2 Å². The maximum atomic E-state index is 3.66. The molecule has 1 heterocycles. The maximum Gasteiger partial charge on any atom is 0.0488 e. The van der Waals surface area contributed by atoms with E-state index < -0.39 is 0 Å². The van der Waals surface area contributed by atoms with Crippen molar-refractivity contribution in [3.05, 3.63) is 33.6 Å². The number of hydrogen-bond acceptors (Lipinski definition) is 2. The smallest absolute Gasteiger partial charge is 0.0488 e. The van der Waals surface area contributed by atoms with Crippen molar-refractivity contribution in [1.82, 2.24) is 5.32 Å². The van der Waals surface area contributed by atoms with Crippen LogP contribution in [0.5, 0.6) is 0 Å². The van der Waals surface area contributed by atoms with Gasteiger partial charge in [0.25, 0.3) is 0 Å². The van der Waals surface area contributed by atoms with Crippen LogP contribution in [0.2, 0.25) is 0 Å². The molecule has 1 aromatic heterocycles. The number of rotatable bonds is 4. The molecule has 3 rings (SSSR count). The van der Waals surface area contributed by atoms with Gasteiger partial charge in [-0.25, -0.2) is 0 Å². The predicted octanol–water partition coefficient (Wildman–Crippen LogP) is 5.50. The molecule has 1 N–H and O–H groups in total. The highest BCUT2D eigenvalue weighted by molar-refractivity contribution is 9.10. The molecule has 1 aromatic carbocycles. The summed E-state index contributed by atoms with van der Waals surface area (Å²) in [5.41, 5.74) is 1.48. The van der Waals surface area contributed by atoms with Crippen LogP contribution >= 0.6 is 27.3 Å². The third-order valence-electron chi connectivity index (χ3n) is 4.35. The summed E-state index contributed by atoms with van der Waals surface area (Å²) in [6.45, 7) is 0. The lowest BCUT2D eigenvalue weighted by Gasteiger charge is -2.20. The number of fused-ring (bicyclic) bond motifs is 1. The molecule has 1 fully saturated rings. The van der Waals surface area contributed by atoms with Gasteiger partial charge in [-0.1, -0.05) is 37.8 Å². The molecule has 0 spiro atoms. The Morgan fingerprint density at radius 2 is 2.16 bits per heavy atom. The number of benzene rings is 1. The van der Waals surface area contributed by atoms with E-state index in [1.54, 1.807) is 0 Å². The van der Waals surface area contributed by atoms with Gasteiger partial charge in [-0.2, -0.15) is 0 Å². The van der Waals surface area contributed by atoms with Crippen molar-refractivity contribution in [2.45, 2.75) is 38.1 Å². The molecule has 1 saturated carbocycles. The molecule has 0 aliphatic heterocycles. The van der Waals surface area contributed by atoms with Gasteiger partial charge in [0.15, 0.2) is 0 Å². The topological polar surface area (TPSA) is 12.0 Å². The Balaban J connectivity index is 1.90. The molecule has 102 valence electrons. The first kappa shape index (κ1) is 13.6. The zero-order valence-corrected chi connectivity index (χ0v) is 13.7. The average Bonchev–Trinajstić information content (AvgIpc) is 3.05. The molecule has 1 unspecified atom stereocenters. The molecule has 1 aliphatic carbocycles. The summed E-state index contributed by atoms with van der Waals surface area (Å²) in [6.07, 6.45) is 6.98. The molecule has 2 aromatic rings. The number of hydrogen-bond donors (Lipinski definition) is 1. The van der Waals surface area contributed by atoms with Crippen LogP contribution in [0.1, 0.15) is 43.7 Å². The highest BCUT2D eigenvalue weighted by atomic mass is 79.9. The standard InChI is InChI=1S/C16H20BrNS/c1-18-15(9-11-5-2-3-6-11)13-10-19-16-12(13)7-4-8-14(16)17/h4,7-8,10-11,15,18H,2-3,5-6,9H2,1H3. The second kappa shape index (κ2) is 5.94. The van der Waals surface area contributed by atoms with E-state index in [4.69, 9.17) is 0 Å². The SMILES string of the molecule is CNC(CC1CCCC1)c1csc2c(Br)cccc12. The molecule has 19 heavy (non-hydrogen) atoms. The first-order valence-corrected chi connectivity index (χ1v) is 8.79. The Morgan fingerprint density at radius 3 is 2.89 bits per heavy atom. The van der Waals surface area contributed by atoms with E-state index in [1.807, 2.05) is 11.3 Å². The second-order valence-corrected chi connectivity index (χ2v) is 7.27. The van der Waals surface area contributed by atoms with E-state index in [9.17, 15) is 0 Å². The van der Waals surface area contributed by atoms with Gasteiger partial charge in [-0.3, -0.25) is 0 Å². The molecule has 1 nitrogen and oxygen atoms in total. The highest BCUT2D eigenvalue weighted by Gasteiger charge is 2.22. The highest BCUT2D eigenvalue weighted by Crippen LogP contribution is 2.39. The summed E-state index contributed by atoms with van der Waals surface area (Å²) >= 11 is 5.51. The zero-order chi connectivity index (χ0) is 13.2. The summed E-state index contributed by atoms with van der Waals surface area (Å²) < 4.78 is 2.60. The summed E-state index contributed by atoms with van der Waals surface area (Å²) in [4.78, 5) is 0. The van der Waals surface area contributed by atoms with Crippen molar-refractivity contribution in [2.24, 2.45) is 5.92 Å². The van der Waals surface area contributed by atoms with Gasteiger partial charge in [0, 0.05) is 15.2 Å². The van der Waals surface area contributed by atoms with E-state index in [2.05, 4.69) is 51.9 Å². The molecule has 0 saturated heterocycles. The van der Waals surface area contributed by atoms with E-state index in [-0.39, 0.29) is 0 Å². The van der Waals surface area contributed by atoms with Gasteiger partial charge >= 0.3 is 0 Å². The van der Waals surface area contributed by atoms with Crippen LogP contribution in [0.25, 0.3) is 10.1 Å². The fourth-order valence-corrected chi connectivity index (χ4v) is 4.97. The Kier molecular flexibility index (Phi) is 4.25. The lowest BCUT2D eigenvalue weighted by atomic mass is 9.93. The number of thiophene rings is 1. The lowest BCUT2D eigenvalue weighted by Crippen LogP contribution is -2.18. The van der Waals surface area contributed by atoms with Crippen LogP contribution < -0.4 is 5.32 Å². The van der Waals surface area contributed by atoms with Crippen LogP contribution in [0.15, 0.2) is 28.1 Å². The summed E-state index contributed by atoms with van der Waals surface area (Å²) in [7, 11) is 2.10. The van der Waals surface area contributed by atoms with Gasteiger partial charge in [-0.05, 0) is 57.7 Å². The van der Waals surface area contributed by atoms with Crippen LogP contribution in [-0.2, 0) is 0 Å². The molecule has 3 heteroatoms. The minimum atomic E-state index is 0.506. The summed E-state index contributed by atoms with van der Waals surface area (Å²) in [6, 6.07) is 7.04. The monoisotopic (exact) mass is 337 g/mol. The minimum absolute atomic E-state index is 0.506. The third-order valence-corrected chi connectivity index (χ3v) is 6.32. The molecule has 1 aliphatic rings. The van der Waals surface area contributed by atoms with Gasteiger partial charge in [-0.15, -0.1) is 11.3 Å². The van der Waals surface area contributed by atoms with Crippen LogP contribution in [0, 0.1) is 5.92 Å². The predicted molar refractivity (Wildman–Crippen MR) is 87.9 cm³/mol. The van der Waals surface area contributed by atoms with Crippen LogP contribution in [0.4, 0.5) is 0 Å². The fourth-order valence-electron chi connectivity index (χ4n) is 3.29. The molecule has 0 amide bonds. The Hall–Kier alpha value is -0.380.